The molecule has 6 heteroatoms. The van der Waals surface area contributed by atoms with Gasteiger partial charge in [0, 0.05) is 19.2 Å². The molecular weight excluding hydrogens is 370 g/mol. The SMILES string of the molecule is CCOc1ccc(/C(O)=C2\C(=O)C(=O)N(CCOC)[C@@H]2c2ccc(C)cc2)cc1. The minimum absolute atomic E-state index is 0.0825. The van der Waals surface area contributed by atoms with E-state index in [1.54, 1.807) is 24.3 Å². The van der Waals surface area contributed by atoms with Crippen LogP contribution < -0.4 is 4.74 Å². The van der Waals surface area contributed by atoms with Gasteiger partial charge in [-0.25, -0.2) is 0 Å². The molecule has 6 nitrogen and oxygen atoms in total. The maximum absolute atomic E-state index is 12.8. The van der Waals surface area contributed by atoms with Crippen LogP contribution in [0.3, 0.4) is 0 Å². The van der Waals surface area contributed by atoms with Crippen molar-refractivity contribution in [2.75, 3.05) is 26.9 Å². The van der Waals surface area contributed by atoms with Crippen LogP contribution in [0.4, 0.5) is 0 Å². The fourth-order valence-electron chi connectivity index (χ4n) is 3.43. The molecule has 1 aliphatic heterocycles. The highest BCUT2D eigenvalue weighted by Gasteiger charge is 2.45. The number of aryl methyl sites for hydroxylation is 1. The van der Waals surface area contributed by atoms with Crippen LogP contribution in [0.25, 0.3) is 5.76 Å². The Kier molecular flexibility index (Phi) is 6.34. The maximum Gasteiger partial charge on any atom is 0.295 e. The van der Waals surface area contributed by atoms with E-state index in [2.05, 4.69) is 0 Å². The van der Waals surface area contributed by atoms with Crippen molar-refractivity contribution < 1.29 is 24.2 Å². The molecule has 1 amide bonds. The monoisotopic (exact) mass is 395 g/mol. The lowest BCUT2D eigenvalue weighted by molar-refractivity contribution is -0.140. The van der Waals surface area contributed by atoms with Crippen LogP contribution >= 0.6 is 0 Å². The van der Waals surface area contributed by atoms with Gasteiger partial charge in [0.15, 0.2) is 0 Å². The molecule has 0 bridgehead atoms. The van der Waals surface area contributed by atoms with Crippen molar-refractivity contribution in [1.29, 1.82) is 0 Å². The number of nitrogens with zero attached hydrogens (tertiary/aromatic N) is 1. The Morgan fingerprint density at radius 3 is 2.31 bits per heavy atom. The van der Waals surface area contributed by atoms with Crippen molar-refractivity contribution in [2.24, 2.45) is 0 Å². The average Bonchev–Trinajstić information content (AvgIpc) is 2.98. The molecule has 3 rings (SSSR count). The molecule has 1 saturated heterocycles. The Morgan fingerprint density at radius 1 is 1.07 bits per heavy atom. The number of ether oxygens (including phenoxy) is 2. The molecule has 0 spiro atoms. The van der Waals surface area contributed by atoms with E-state index in [9.17, 15) is 14.7 Å². The van der Waals surface area contributed by atoms with Crippen molar-refractivity contribution in [1.82, 2.24) is 4.90 Å². The summed E-state index contributed by atoms with van der Waals surface area (Å²) in [6.07, 6.45) is 0. The van der Waals surface area contributed by atoms with Gasteiger partial charge in [-0.1, -0.05) is 29.8 Å². The standard InChI is InChI=1S/C23H25NO5/c1-4-29-18-11-9-17(10-12-18)21(25)19-20(16-7-5-15(2)6-8-16)24(13-14-28-3)23(27)22(19)26/h5-12,20,25H,4,13-14H2,1-3H3/b21-19+/t20-/m1/s1. The molecule has 1 fully saturated rings. The van der Waals surface area contributed by atoms with Crippen molar-refractivity contribution in [2.45, 2.75) is 19.9 Å². The highest BCUT2D eigenvalue weighted by Crippen LogP contribution is 2.39. The number of amides is 1. The van der Waals surface area contributed by atoms with E-state index in [-0.39, 0.29) is 17.9 Å². The Labute approximate surface area is 170 Å². The lowest BCUT2D eigenvalue weighted by Crippen LogP contribution is -2.32. The highest BCUT2D eigenvalue weighted by molar-refractivity contribution is 6.46. The first-order valence-corrected chi connectivity index (χ1v) is 9.55. The summed E-state index contributed by atoms with van der Waals surface area (Å²) < 4.78 is 10.5. The number of methoxy groups -OCH3 is 1. The van der Waals surface area contributed by atoms with E-state index < -0.39 is 17.7 Å². The summed E-state index contributed by atoms with van der Waals surface area (Å²) in [5.74, 6) is -0.866. The van der Waals surface area contributed by atoms with Crippen LogP contribution in [-0.4, -0.2) is 48.6 Å². The van der Waals surface area contributed by atoms with Crippen LogP contribution in [0.2, 0.25) is 0 Å². The predicted molar refractivity (Wildman–Crippen MR) is 110 cm³/mol. The number of likely N-dealkylation sites (tertiary alicyclic amines) is 1. The van der Waals surface area contributed by atoms with Crippen LogP contribution in [0.15, 0.2) is 54.1 Å². The van der Waals surface area contributed by atoms with E-state index in [1.807, 2.05) is 38.1 Å². The number of rotatable bonds is 7. The molecular formula is C23H25NO5. The van der Waals surface area contributed by atoms with E-state index in [4.69, 9.17) is 9.47 Å². The zero-order valence-corrected chi connectivity index (χ0v) is 16.8. The second kappa shape index (κ2) is 8.92. The second-order valence-electron chi connectivity index (χ2n) is 6.85. The van der Waals surface area contributed by atoms with Gasteiger partial charge in [-0.15, -0.1) is 0 Å². The third kappa shape index (κ3) is 4.17. The van der Waals surface area contributed by atoms with E-state index in [0.29, 0.717) is 24.5 Å². The van der Waals surface area contributed by atoms with Gasteiger partial charge in [0.25, 0.3) is 11.7 Å². The number of aliphatic hydroxyl groups excluding tert-OH is 1. The Hall–Kier alpha value is -3.12. The lowest BCUT2D eigenvalue weighted by atomic mass is 9.94. The van der Waals surface area contributed by atoms with E-state index >= 15 is 0 Å². The fourth-order valence-corrected chi connectivity index (χ4v) is 3.43. The zero-order valence-electron chi connectivity index (χ0n) is 16.8. The largest absolute Gasteiger partial charge is 0.507 e. The van der Waals surface area contributed by atoms with Gasteiger partial charge in [-0.2, -0.15) is 0 Å². The number of carbonyl (C=O) groups is 2. The summed E-state index contributed by atoms with van der Waals surface area (Å²) >= 11 is 0. The van der Waals surface area contributed by atoms with Gasteiger partial charge in [-0.3, -0.25) is 9.59 Å². The Morgan fingerprint density at radius 2 is 1.72 bits per heavy atom. The van der Waals surface area contributed by atoms with Gasteiger partial charge >= 0.3 is 0 Å². The van der Waals surface area contributed by atoms with Crippen molar-refractivity contribution in [3.63, 3.8) is 0 Å². The van der Waals surface area contributed by atoms with Gasteiger partial charge in [-0.05, 0) is 43.7 Å². The topological polar surface area (TPSA) is 76.1 Å². The Bertz CT molecular complexity index is 915. The molecule has 29 heavy (non-hydrogen) atoms. The smallest absolute Gasteiger partial charge is 0.295 e. The van der Waals surface area contributed by atoms with E-state index in [0.717, 1.165) is 11.1 Å². The first-order chi connectivity index (χ1) is 14.0. The van der Waals surface area contributed by atoms with E-state index in [1.165, 1.54) is 12.0 Å². The normalized spacial score (nSPS) is 18.3. The van der Waals surface area contributed by atoms with Crippen molar-refractivity contribution in [3.05, 3.63) is 70.8 Å². The van der Waals surface area contributed by atoms with Gasteiger partial charge < -0.3 is 19.5 Å². The summed E-state index contributed by atoms with van der Waals surface area (Å²) in [6, 6.07) is 13.7. The summed E-state index contributed by atoms with van der Waals surface area (Å²) in [6.45, 7) is 4.92. The molecule has 2 aromatic rings. The molecule has 0 unspecified atom stereocenters. The number of benzene rings is 2. The van der Waals surface area contributed by atoms with Crippen LogP contribution in [0.1, 0.15) is 29.7 Å². The van der Waals surface area contributed by atoms with Gasteiger partial charge in [0.05, 0.1) is 24.8 Å². The minimum Gasteiger partial charge on any atom is -0.507 e. The fraction of sp³-hybridized carbons (Fsp3) is 0.304. The number of Topliss-reactive ketones (excluding diaryl/α,β-unsaturated/α-hetero) is 1. The molecule has 1 atom stereocenters. The summed E-state index contributed by atoms with van der Waals surface area (Å²) in [7, 11) is 1.54. The quantitative estimate of drug-likeness (QED) is 0.441. The van der Waals surface area contributed by atoms with Gasteiger partial charge in [0.2, 0.25) is 0 Å². The second-order valence-corrected chi connectivity index (χ2v) is 6.85. The molecule has 1 heterocycles. The van der Waals surface area contributed by atoms with Crippen LogP contribution in [0, 0.1) is 6.92 Å². The number of carbonyl (C=O) groups excluding carboxylic acids is 2. The van der Waals surface area contributed by atoms with Crippen molar-refractivity contribution in [3.8, 4) is 5.75 Å². The summed E-state index contributed by atoms with van der Waals surface area (Å²) in [5, 5.41) is 11.0. The molecule has 0 radical (unpaired) electrons. The zero-order chi connectivity index (χ0) is 21.0. The molecule has 0 aromatic heterocycles. The van der Waals surface area contributed by atoms with Gasteiger partial charge in [0.1, 0.15) is 11.5 Å². The number of hydrogen-bond acceptors (Lipinski definition) is 5. The van der Waals surface area contributed by atoms with Crippen molar-refractivity contribution >= 4 is 17.4 Å². The summed E-state index contributed by atoms with van der Waals surface area (Å²) in [4.78, 5) is 27.0. The first-order valence-electron chi connectivity index (χ1n) is 9.55. The lowest BCUT2D eigenvalue weighted by Gasteiger charge is -2.25. The molecule has 2 aromatic carbocycles. The molecule has 152 valence electrons. The molecule has 1 aliphatic rings. The van der Waals surface area contributed by atoms with Crippen LogP contribution in [0.5, 0.6) is 5.75 Å². The predicted octanol–water partition coefficient (Wildman–Crippen LogP) is 3.46. The highest BCUT2D eigenvalue weighted by atomic mass is 16.5. The Balaban J connectivity index is 2.09. The van der Waals surface area contributed by atoms with Crippen LogP contribution in [-0.2, 0) is 14.3 Å². The third-order valence-electron chi connectivity index (χ3n) is 4.91. The third-order valence-corrected chi connectivity index (χ3v) is 4.91. The first kappa shape index (κ1) is 20.6. The minimum atomic E-state index is -0.696. The summed E-state index contributed by atoms with van der Waals surface area (Å²) in [5.41, 5.74) is 2.36. The number of ketones is 1. The number of hydrogen-bond donors (Lipinski definition) is 1. The molecule has 0 saturated carbocycles. The maximum atomic E-state index is 12.8. The number of aliphatic hydroxyl groups is 1. The molecule has 1 N–H and O–H groups in total. The molecule has 0 aliphatic carbocycles. The average molecular weight is 395 g/mol.